The maximum atomic E-state index is 5.69. The van der Waals surface area contributed by atoms with Gasteiger partial charge in [-0.1, -0.05) is 29.8 Å². The highest BCUT2D eigenvalue weighted by Crippen LogP contribution is 2.18. The van der Waals surface area contributed by atoms with E-state index in [1.807, 2.05) is 36.4 Å². The van der Waals surface area contributed by atoms with Gasteiger partial charge in [-0.15, -0.1) is 10.2 Å². The molecule has 0 radical (unpaired) electrons. The van der Waals surface area contributed by atoms with E-state index in [1.165, 1.54) is 11.1 Å². The van der Waals surface area contributed by atoms with Crippen LogP contribution < -0.4 is 10.1 Å². The zero-order chi connectivity index (χ0) is 16.8. The van der Waals surface area contributed by atoms with Crippen LogP contribution in [0.1, 0.15) is 17.0 Å². The van der Waals surface area contributed by atoms with Crippen molar-refractivity contribution in [2.75, 3.05) is 13.7 Å². The van der Waals surface area contributed by atoms with Gasteiger partial charge in [0.15, 0.2) is 0 Å². The number of ether oxygens (including phenoxy) is 1. The molecule has 0 saturated heterocycles. The van der Waals surface area contributed by atoms with Gasteiger partial charge in [-0.3, -0.25) is 0 Å². The third-order valence-electron chi connectivity index (χ3n) is 3.79. The first kappa shape index (κ1) is 16.2. The minimum absolute atomic E-state index is 0.557. The molecular weight excluding hydrogens is 302 g/mol. The first-order valence-electron chi connectivity index (χ1n) is 7.97. The van der Waals surface area contributed by atoms with Crippen molar-refractivity contribution in [2.45, 2.75) is 19.9 Å². The predicted molar refractivity (Wildman–Crippen MR) is 92.9 cm³/mol. The Balaban J connectivity index is 1.47. The number of aromatic nitrogens is 2. The second-order valence-electron chi connectivity index (χ2n) is 5.64. The molecule has 3 aromatic rings. The summed E-state index contributed by atoms with van der Waals surface area (Å²) in [5, 5.41) is 11.5. The van der Waals surface area contributed by atoms with Crippen LogP contribution in [-0.4, -0.2) is 23.9 Å². The van der Waals surface area contributed by atoms with Crippen LogP contribution in [0, 0.1) is 6.92 Å². The van der Waals surface area contributed by atoms with Gasteiger partial charge < -0.3 is 14.5 Å². The molecule has 1 N–H and O–H groups in total. The first-order chi connectivity index (χ1) is 11.7. The summed E-state index contributed by atoms with van der Waals surface area (Å²) in [6.45, 7) is 3.46. The summed E-state index contributed by atoms with van der Waals surface area (Å²) < 4.78 is 10.8. The van der Waals surface area contributed by atoms with Crippen LogP contribution in [0.4, 0.5) is 0 Å². The van der Waals surface area contributed by atoms with Gasteiger partial charge in [0.1, 0.15) is 5.75 Å². The lowest BCUT2D eigenvalue weighted by Crippen LogP contribution is -2.16. The average Bonchev–Trinajstić information content (AvgIpc) is 3.09. The zero-order valence-electron chi connectivity index (χ0n) is 14.0. The van der Waals surface area contributed by atoms with Gasteiger partial charge in [-0.2, -0.15) is 0 Å². The highest BCUT2D eigenvalue weighted by molar-refractivity contribution is 5.52. The van der Waals surface area contributed by atoms with Gasteiger partial charge in [0.2, 0.25) is 11.8 Å². The van der Waals surface area contributed by atoms with E-state index >= 15 is 0 Å². The molecule has 0 fully saturated rings. The molecule has 5 nitrogen and oxygen atoms in total. The smallest absolute Gasteiger partial charge is 0.247 e. The lowest BCUT2D eigenvalue weighted by Gasteiger charge is -2.04. The maximum absolute atomic E-state index is 5.69. The Morgan fingerprint density at radius 2 is 1.75 bits per heavy atom. The normalized spacial score (nSPS) is 10.8. The van der Waals surface area contributed by atoms with Crippen LogP contribution in [-0.2, 0) is 13.0 Å². The fraction of sp³-hybridized carbons (Fsp3) is 0.263. The quantitative estimate of drug-likeness (QED) is 0.675. The fourth-order valence-electron chi connectivity index (χ4n) is 2.36. The summed E-state index contributed by atoms with van der Waals surface area (Å²) in [5.41, 5.74) is 3.41. The van der Waals surface area contributed by atoms with Gasteiger partial charge >= 0.3 is 0 Å². The van der Waals surface area contributed by atoms with E-state index in [-0.39, 0.29) is 0 Å². The van der Waals surface area contributed by atoms with Crippen molar-refractivity contribution in [2.24, 2.45) is 0 Å². The summed E-state index contributed by atoms with van der Waals surface area (Å²) >= 11 is 0. The van der Waals surface area contributed by atoms with Crippen molar-refractivity contribution in [3.8, 4) is 17.2 Å². The molecule has 0 aliphatic carbocycles. The molecule has 1 heterocycles. The molecule has 1 aromatic heterocycles. The summed E-state index contributed by atoms with van der Waals surface area (Å²) in [7, 11) is 1.67. The fourth-order valence-corrected chi connectivity index (χ4v) is 2.36. The van der Waals surface area contributed by atoms with Gasteiger partial charge in [0.25, 0.3) is 0 Å². The van der Waals surface area contributed by atoms with E-state index in [2.05, 4.69) is 34.6 Å². The van der Waals surface area contributed by atoms with Crippen LogP contribution in [0.25, 0.3) is 11.5 Å². The SMILES string of the molecule is COc1ccc(CCNCc2nnc(-c3ccc(C)cc3)o2)cc1. The summed E-state index contributed by atoms with van der Waals surface area (Å²) in [6.07, 6.45) is 0.933. The Kier molecular flexibility index (Phi) is 5.23. The van der Waals surface area contributed by atoms with Crippen LogP contribution in [0.2, 0.25) is 0 Å². The number of nitrogens with one attached hydrogen (secondary N) is 1. The third-order valence-corrected chi connectivity index (χ3v) is 3.79. The predicted octanol–water partition coefficient (Wildman–Crippen LogP) is 3.39. The summed E-state index contributed by atoms with van der Waals surface area (Å²) in [4.78, 5) is 0. The Labute approximate surface area is 141 Å². The number of methoxy groups -OCH3 is 1. The Morgan fingerprint density at radius 3 is 2.46 bits per heavy atom. The lowest BCUT2D eigenvalue weighted by atomic mass is 10.1. The van der Waals surface area contributed by atoms with E-state index in [4.69, 9.17) is 9.15 Å². The zero-order valence-corrected chi connectivity index (χ0v) is 14.0. The molecule has 0 aliphatic rings. The van der Waals surface area contributed by atoms with Crippen molar-refractivity contribution in [3.05, 3.63) is 65.5 Å². The Bertz CT molecular complexity index is 764. The first-order valence-corrected chi connectivity index (χ1v) is 7.97. The maximum Gasteiger partial charge on any atom is 0.247 e. The van der Waals surface area contributed by atoms with E-state index in [0.717, 1.165) is 24.3 Å². The number of benzene rings is 2. The lowest BCUT2D eigenvalue weighted by molar-refractivity contribution is 0.414. The topological polar surface area (TPSA) is 60.2 Å². The van der Waals surface area contributed by atoms with Gasteiger partial charge in [0.05, 0.1) is 13.7 Å². The minimum Gasteiger partial charge on any atom is -0.497 e. The van der Waals surface area contributed by atoms with Gasteiger partial charge in [-0.05, 0) is 49.7 Å². The highest BCUT2D eigenvalue weighted by atomic mass is 16.5. The molecule has 5 heteroatoms. The van der Waals surface area contributed by atoms with Crippen LogP contribution in [0.5, 0.6) is 5.75 Å². The Hall–Kier alpha value is -2.66. The van der Waals surface area contributed by atoms with Crippen molar-refractivity contribution < 1.29 is 9.15 Å². The molecule has 0 unspecified atom stereocenters. The molecule has 124 valence electrons. The number of rotatable bonds is 7. The van der Waals surface area contributed by atoms with Crippen molar-refractivity contribution in [1.82, 2.24) is 15.5 Å². The van der Waals surface area contributed by atoms with Crippen LogP contribution in [0.3, 0.4) is 0 Å². The number of nitrogens with zero attached hydrogens (tertiary/aromatic N) is 2. The summed E-state index contributed by atoms with van der Waals surface area (Å²) in [6, 6.07) is 16.1. The number of hydrogen-bond donors (Lipinski definition) is 1. The van der Waals surface area contributed by atoms with E-state index in [1.54, 1.807) is 7.11 Å². The van der Waals surface area contributed by atoms with Crippen molar-refractivity contribution in [1.29, 1.82) is 0 Å². The third kappa shape index (κ3) is 4.20. The van der Waals surface area contributed by atoms with Crippen LogP contribution in [0.15, 0.2) is 52.9 Å². The molecule has 0 saturated carbocycles. The Morgan fingerprint density at radius 1 is 1.00 bits per heavy atom. The average molecular weight is 323 g/mol. The number of hydrogen-bond acceptors (Lipinski definition) is 5. The van der Waals surface area contributed by atoms with Crippen LogP contribution >= 0.6 is 0 Å². The summed E-state index contributed by atoms with van der Waals surface area (Å²) in [5.74, 6) is 2.03. The molecular formula is C19H21N3O2. The number of aryl methyl sites for hydroxylation is 1. The molecule has 2 aromatic carbocycles. The second kappa shape index (κ2) is 7.75. The van der Waals surface area contributed by atoms with E-state index in [9.17, 15) is 0 Å². The van der Waals surface area contributed by atoms with Gasteiger partial charge in [0, 0.05) is 5.56 Å². The molecule has 0 atom stereocenters. The van der Waals surface area contributed by atoms with E-state index in [0.29, 0.717) is 18.3 Å². The minimum atomic E-state index is 0.557. The second-order valence-corrected chi connectivity index (χ2v) is 5.64. The van der Waals surface area contributed by atoms with Crippen molar-refractivity contribution in [3.63, 3.8) is 0 Å². The standard InChI is InChI=1S/C19H21N3O2/c1-14-3-7-16(8-4-14)19-22-21-18(24-19)13-20-12-11-15-5-9-17(23-2)10-6-15/h3-10,20H,11-13H2,1-2H3. The van der Waals surface area contributed by atoms with Gasteiger partial charge in [-0.25, -0.2) is 0 Å². The molecule has 24 heavy (non-hydrogen) atoms. The van der Waals surface area contributed by atoms with E-state index < -0.39 is 0 Å². The van der Waals surface area contributed by atoms with Crippen molar-refractivity contribution >= 4 is 0 Å². The monoisotopic (exact) mass is 323 g/mol. The molecule has 3 rings (SSSR count). The largest absolute Gasteiger partial charge is 0.497 e. The molecule has 0 spiro atoms. The highest BCUT2D eigenvalue weighted by Gasteiger charge is 2.07. The molecule has 0 bridgehead atoms. The molecule has 0 amide bonds. The molecule has 0 aliphatic heterocycles.